The molecule has 9 heteroatoms. The van der Waals surface area contributed by atoms with Crippen LogP contribution >= 0.6 is 11.3 Å². The predicted molar refractivity (Wildman–Crippen MR) is 137 cm³/mol. The van der Waals surface area contributed by atoms with Crippen molar-refractivity contribution < 1.29 is 27.8 Å². The van der Waals surface area contributed by atoms with Crippen LogP contribution in [0.2, 0.25) is 0 Å². The third-order valence-electron chi connectivity index (χ3n) is 5.53. The van der Waals surface area contributed by atoms with E-state index < -0.39 is 16.0 Å². The molecular weight excluding hydrogens is 486 g/mol. The summed E-state index contributed by atoms with van der Waals surface area (Å²) < 4.78 is 40.6. The van der Waals surface area contributed by atoms with Crippen molar-refractivity contribution in [1.29, 1.82) is 0 Å². The van der Waals surface area contributed by atoms with E-state index in [2.05, 4.69) is 0 Å². The summed E-state index contributed by atoms with van der Waals surface area (Å²) in [5.74, 6) is 0.382. The van der Waals surface area contributed by atoms with Gasteiger partial charge in [0.05, 0.1) is 18.7 Å². The second-order valence-electron chi connectivity index (χ2n) is 7.98. The third kappa shape index (κ3) is 5.06. The summed E-state index contributed by atoms with van der Waals surface area (Å²) in [7, 11) is -3.97. The average Bonchev–Trinajstić information content (AvgIpc) is 3.40. The number of nitrogens with zero attached hydrogens (tertiary/aromatic N) is 1. The smallest absolute Gasteiger partial charge is 0.303 e. The van der Waals surface area contributed by atoms with E-state index in [1.807, 2.05) is 51.1 Å². The molecule has 2 aromatic carbocycles. The van der Waals surface area contributed by atoms with E-state index in [0.717, 1.165) is 16.2 Å². The summed E-state index contributed by atoms with van der Waals surface area (Å²) in [6, 6.07) is 14.4. The number of fused-ring (bicyclic) bond motifs is 1. The highest BCUT2D eigenvalue weighted by Gasteiger charge is 2.27. The van der Waals surface area contributed by atoms with Crippen molar-refractivity contribution in [3.05, 3.63) is 65.2 Å². The Morgan fingerprint density at radius 1 is 1.00 bits per heavy atom. The lowest BCUT2D eigenvalue weighted by atomic mass is 10.1. The van der Waals surface area contributed by atoms with Gasteiger partial charge in [0.15, 0.2) is 0 Å². The maximum Gasteiger partial charge on any atom is 0.303 e. The molecule has 0 unspecified atom stereocenters. The first-order chi connectivity index (χ1) is 16.7. The van der Waals surface area contributed by atoms with Gasteiger partial charge in [-0.25, -0.2) is 3.97 Å². The van der Waals surface area contributed by atoms with E-state index in [0.29, 0.717) is 41.0 Å². The summed E-state index contributed by atoms with van der Waals surface area (Å²) >= 11 is 1.21. The first kappa shape index (κ1) is 24.8. The number of hydrogen-bond acceptors (Lipinski definition) is 6. The zero-order valence-electron chi connectivity index (χ0n) is 19.8. The van der Waals surface area contributed by atoms with Gasteiger partial charge in [-0.3, -0.25) is 4.79 Å². The molecular formula is C26H27NO6S2. The standard InChI is InChI=1S/C26H27NO6S2/c1-4-32-20-9-6-18(7-10-20)23-14-17(3)34-26(23)35(30,31)27-16-19(8-13-25(28)29)22-15-21(33-5-2)11-12-24(22)27/h6-7,9-12,14-16H,4-5,8,13H2,1-3H3,(H,28,29). The molecule has 35 heavy (non-hydrogen) atoms. The Morgan fingerprint density at radius 2 is 1.66 bits per heavy atom. The summed E-state index contributed by atoms with van der Waals surface area (Å²) in [6.45, 7) is 6.67. The quantitative estimate of drug-likeness (QED) is 0.291. The van der Waals surface area contributed by atoms with Gasteiger partial charge in [-0.2, -0.15) is 8.42 Å². The van der Waals surface area contributed by atoms with Gasteiger partial charge in [0.1, 0.15) is 15.7 Å². The van der Waals surface area contributed by atoms with Crippen molar-refractivity contribution in [1.82, 2.24) is 3.97 Å². The van der Waals surface area contributed by atoms with Crippen LogP contribution in [0, 0.1) is 6.92 Å². The molecule has 1 N–H and O–H groups in total. The van der Waals surface area contributed by atoms with Crippen molar-refractivity contribution in [3.8, 4) is 22.6 Å². The van der Waals surface area contributed by atoms with Crippen LogP contribution in [-0.4, -0.2) is 36.7 Å². The highest BCUT2D eigenvalue weighted by atomic mass is 32.2. The van der Waals surface area contributed by atoms with Gasteiger partial charge in [-0.1, -0.05) is 12.1 Å². The number of carbonyl (C=O) groups is 1. The molecule has 0 radical (unpaired) electrons. The Morgan fingerprint density at radius 3 is 2.31 bits per heavy atom. The Labute approximate surface area is 208 Å². The molecule has 0 aliphatic heterocycles. The SMILES string of the molecule is CCOc1ccc(-c2cc(C)sc2S(=O)(=O)n2cc(CCC(=O)O)c3cc(OCC)ccc32)cc1. The Balaban J connectivity index is 1.85. The molecule has 4 aromatic rings. The molecule has 0 fully saturated rings. The van der Waals surface area contributed by atoms with Crippen LogP contribution in [0.4, 0.5) is 0 Å². The minimum Gasteiger partial charge on any atom is -0.494 e. The second-order valence-corrected chi connectivity index (χ2v) is 11.2. The number of ether oxygens (including phenoxy) is 2. The monoisotopic (exact) mass is 513 g/mol. The van der Waals surface area contributed by atoms with Crippen LogP contribution in [0.25, 0.3) is 22.0 Å². The van der Waals surface area contributed by atoms with Crippen molar-refractivity contribution in [2.24, 2.45) is 0 Å². The van der Waals surface area contributed by atoms with E-state index in [1.165, 1.54) is 21.5 Å². The molecule has 0 saturated heterocycles. The summed E-state index contributed by atoms with van der Waals surface area (Å²) in [5.41, 5.74) is 2.52. The Bertz CT molecular complexity index is 1470. The first-order valence-electron chi connectivity index (χ1n) is 11.3. The largest absolute Gasteiger partial charge is 0.494 e. The highest BCUT2D eigenvalue weighted by molar-refractivity contribution is 7.92. The average molecular weight is 514 g/mol. The number of carboxylic acid groups (broad SMARTS) is 1. The number of benzene rings is 2. The Hall–Kier alpha value is -3.30. The predicted octanol–water partition coefficient (Wildman–Crippen LogP) is 5.73. The number of aryl methyl sites for hydroxylation is 2. The lowest BCUT2D eigenvalue weighted by Crippen LogP contribution is -2.11. The molecule has 0 amide bonds. The molecule has 7 nitrogen and oxygen atoms in total. The fourth-order valence-corrected chi connectivity index (χ4v) is 7.14. The van der Waals surface area contributed by atoms with Crippen LogP contribution in [0.5, 0.6) is 11.5 Å². The number of carboxylic acids is 1. The number of hydrogen-bond donors (Lipinski definition) is 1. The first-order valence-corrected chi connectivity index (χ1v) is 13.6. The van der Waals surface area contributed by atoms with Crippen LogP contribution in [0.1, 0.15) is 30.7 Å². The molecule has 2 heterocycles. The summed E-state index contributed by atoms with van der Waals surface area (Å²) in [4.78, 5) is 12.1. The van der Waals surface area contributed by atoms with Gasteiger partial charge in [-0.05, 0) is 74.7 Å². The topological polar surface area (TPSA) is 94.8 Å². The van der Waals surface area contributed by atoms with Crippen molar-refractivity contribution in [3.63, 3.8) is 0 Å². The molecule has 0 atom stereocenters. The van der Waals surface area contributed by atoms with Gasteiger partial charge < -0.3 is 14.6 Å². The zero-order valence-corrected chi connectivity index (χ0v) is 21.4. The molecule has 184 valence electrons. The minimum absolute atomic E-state index is 0.104. The second kappa shape index (κ2) is 10.1. The van der Waals surface area contributed by atoms with E-state index in [1.54, 1.807) is 18.2 Å². The summed E-state index contributed by atoms with van der Waals surface area (Å²) in [5, 5.41) is 9.86. The molecule has 0 spiro atoms. The maximum atomic E-state index is 14.0. The van der Waals surface area contributed by atoms with E-state index in [4.69, 9.17) is 9.47 Å². The minimum atomic E-state index is -3.97. The third-order valence-corrected chi connectivity index (χ3v) is 8.77. The fourth-order valence-electron chi connectivity index (χ4n) is 4.01. The van der Waals surface area contributed by atoms with Crippen LogP contribution < -0.4 is 9.47 Å². The molecule has 0 aliphatic rings. The number of aliphatic carboxylic acids is 1. The Kier molecular flexibility index (Phi) is 7.18. The van der Waals surface area contributed by atoms with Crippen LogP contribution in [0.3, 0.4) is 0 Å². The van der Waals surface area contributed by atoms with Gasteiger partial charge in [0.2, 0.25) is 0 Å². The number of rotatable bonds is 10. The summed E-state index contributed by atoms with van der Waals surface area (Å²) in [6.07, 6.45) is 1.64. The highest BCUT2D eigenvalue weighted by Crippen LogP contribution is 2.39. The molecule has 4 rings (SSSR count). The van der Waals surface area contributed by atoms with Crippen molar-refractivity contribution in [2.75, 3.05) is 13.2 Å². The molecule has 0 bridgehead atoms. The van der Waals surface area contributed by atoms with Crippen LogP contribution in [-0.2, 0) is 21.2 Å². The van der Waals surface area contributed by atoms with E-state index in [9.17, 15) is 18.3 Å². The molecule has 0 saturated carbocycles. The lowest BCUT2D eigenvalue weighted by Gasteiger charge is -2.10. The van der Waals surface area contributed by atoms with Crippen LogP contribution in [0.15, 0.2) is 58.9 Å². The van der Waals surface area contributed by atoms with Gasteiger partial charge >= 0.3 is 5.97 Å². The van der Waals surface area contributed by atoms with E-state index in [-0.39, 0.29) is 17.1 Å². The maximum absolute atomic E-state index is 14.0. The normalized spacial score (nSPS) is 11.6. The van der Waals surface area contributed by atoms with Gasteiger partial charge in [-0.15, -0.1) is 11.3 Å². The lowest BCUT2D eigenvalue weighted by molar-refractivity contribution is -0.136. The van der Waals surface area contributed by atoms with Gasteiger partial charge in [0, 0.05) is 28.4 Å². The van der Waals surface area contributed by atoms with E-state index >= 15 is 0 Å². The fraction of sp³-hybridized carbons (Fsp3) is 0.269. The van der Waals surface area contributed by atoms with Crippen molar-refractivity contribution in [2.45, 2.75) is 37.8 Å². The molecule has 0 aliphatic carbocycles. The number of aromatic nitrogens is 1. The zero-order chi connectivity index (χ0) is 25.2. The number of thiophene rings is 1. The van der Waals surface area contributed by atoms with Crippen molar-refractivity contribution >= 4 is 38.2 Å². The van der Waals surface area contributed by atoms with Gasteiger partial charge in [0.25, 0.3) is 10.0 Å². The molecule has 2 aromatic heterocycles.